The molecule has 0 aliphatic carbocycles. The Labute approximate surface area is 134 Å². The highest BCUT2D eigenvalue weighted by Crippen LogP contribution is 2.25. The third-order valence-electron chi connectivity index (χ3n) is 3.16. The van der Waals surface area contributed by atoms with Crippen molar-refractivity contribution >= 4 is 28.6 Å². The Morgan fingerprint density at radius 1 is 1.29 bits per heavy atom. The Morgan fingerprint density at radius 2 is 2.10 bits per heavy atom. The molecule has 0 bridgehead atoms. The van der Waals surface area contributed by atoms with Crippen molar-refractivity contribution in [2.24, 2.45) is 0 Å². The van der Waals surface area contributed by atoms with Crippen molar-refractivity contribution in [3.8, 4) is 0 Å². The molecule has 1 heterocycles. The summed E-state index contributed by atoms with van der Waals surface area (Å²) >= 11 is 7.50. The number of nitrogens with one attached hydrogen (secondary N) is 1. The molecule has 21 heavy (non-hydrogen) atoms. The van der Waals surface area contributed by atoms with Crippen LogP contribution in [0.15, 0.2) is 30.3 Å². The molecular weight excluding hydrogens is 307 g/mol. The van der Waals surface area contributed by atoms with Crippen LogP contribution in [0.25, 0.3) is 0 Å². The zero-order valence-electron chi connectivity index (χ0n) is 12.3. The van der Waals surface area contributed by atoms with Gasteiger partial charge in [-0.15, -0.1) is 11.3 Å². The van der Waals surface area contributed by atoms with Gasteiger partial charge in [-0.3, -0.25) is 0 Å². The monoisotopic (exact) mass is 326 g/mol. The molecule has 114 valence electrons. The average molecular weight is 327 g/mol. The number of hydrogen-bond donors (Lipinski definition) is 1. The van der Waals surface area contributed by atoms with Crippen molar-refractivity contribution in [1.82, 2.24) is 5.32 Å². The van der Waals surface area contributed by atoms with Gasteiger partial charge in [-0.2, -0.15) is 0 Å². The van der Waals surface area contributed by atoms with E-state index in [0.29, 0.717) is 6.54 Å². The summed E-state index contributed by atoms with van der Waals surface area (Å²) in [5, 5.41) is 3.30. The lowest BCUT2D eigenvalue weighted by Crippen LogP contribution is -2.17. The first-order chi connectivity index (χ1) is 10.1. The van der Waals surface area contributed by atoms with Gasteiger partial charge in [-0.25, -0.2) is 4.39 Å². The highest BCUT2D eigenvalue weighted by atomic mass is 35.5. The Hall–Kier alpha value is -1.10. The Bertz CT molecular complexity index is 585. The largest absolute Gasteiger partial charge is 0.369 e. The van der Waals surface area contributed by atoms with E-state index in [1.54, 1.807) is 23.5 Å². The Balaban J connectivity index is 2.07. The minimum Gasteiger partial charge on any atom is -0.369 e. The molecule has 0 aliphatic rings. The molecule has 0 saturated heterocycles. The maximum Gasteiger partial charge on any atom is 0.125 e. The number of halogens is 2. The Morgan fingerprint density at radius 3 is 2.76 bits per heavy atom. The lowest BCUT2D eigenvalue weighted by molar-refractivity contribution is 0.618. The summed E-state index contributed by atoms with van der Waals surface area (Å²) in [6.45, 7) is 4.47. The fourth-order valence-corrected chi connectivity index (χ4v) is 3.27. The lowest BCUT2D eigenvalue weighted by atomic mass is 10.1. The first-order valence-corrected chi connectivity index (χ1v) is 8.23. The fourth-order valence-electron chi connectivity index (χ4n) is 2.13. The van der Waals surface area contributed by atoms with Gasteiger partial charge >= 0.3 is 0 Å². The number of rotatable bonds is 7. The third kappa shape index (κ3) is 4.99. The molecule has 1 aromatic carbocycles. The molecule has 1 aromatic heterocycles. The molecule has 0 unspecified atom stereocenters. The van der Waals surface area contributed by atoms with Crippen molar-refractivity contribution in [3.05, 3.63) is 50.9 Å². The smallest absolute Gasteiger partial charge is 0.125 e. The van der Waals surface area contributed by atoms with Crippen molar-refractivity contribution in [2.75, 3.05) is 18.5 Å². The van der Waals surface area contributed by atoms with E-state index < -0.39 is 0 Å². The first kappa shape index (κ1) is 16.3. The molecule has 2 nitrogen and oxygen atoms in total. The zero-order valence-corrected chi connectivity index (χ0v) is 13.9. The van der Waals surface area contributed by atoms with Gasteiger partial charge in [0.1, 0.15) is 5.82 Å². The van der Waals surface area contributed by atoms with Crippen LogP contribution in [0.5, 0.6) is 0 Å². The van der Waals surface area contributed by atoms with E-state index in [4.69, 9.17) is 11.6 Å². The van der Waals surface area contributed by atoms with Crippen molar-refractivity contribution in [2.45, 2.75) is 26.4 Å². The van der Waals surface area contributed by atoms with Crippen LogP contribution >= 0.6 is 22.9 Å². The normalized spacial score (nSPS) is 10.9. The van der Waals surface area contributed by atoms with E-state index in [2.05, 4.69) is 12.2 Å². The van der Waals surface area contributed by atoms with E-state index in [1.807, 2.05) is 30.1 Å². The van der Waals surface area contributed by atoms with Crippen LogP contribution in [0, 0.1) is 5.82 Å². The predicted octanol–water partition coefficient (Wildman–Crippen LogP) is 4.68. The summed E-state index contributed by atoms with van der Waals surface area (Å²) in [6.07, 6.45) is 1.07. The van der Waals surface area contributed by atoms with Crippen LogP contribution in [0.2, 0.25) is 4.34 Å². The van der Waals surface area contributed by atoms with Crippen LogP contribution in [-0.4, -0.2) is 13.6 Å². The van der Waals surface area contributed by atoms with Crippen molar-refractivity contribution in [3.63, 3.8) is 0 Å². The molecule has 0 amide bonds. The minimum atomic E-state index is -0.197. The number of hydrogen-bond acceptors (Lipinski definition) is 3. The maximum atomic E-state index is 13.8. The van der Waals surface area contributed by atoms with Crippen LogP contribution in [0.3, 0.4) is 0 Å². The standard InChI is InChI=1S/C16H20ClFN2S/c1-3-6-19-10-12-7-13(18)9-14(8-12)20(2)11-15-4-5-16(17)21-15/h4-5,7-9,19H,3,6,10-11H2,1-2H3. The van der Waals surface area contributed by atoms with E-state index in [0.717, 1.165) is 40.0 Å². The van der Waals surface area contributed by atoms with Gasteiger partial charge in [0.05, 0.1) is 10.9 Å². The highest BCUT2D eigenvalue weighted by molar-refractivity contribution is 7.16. The molecular formula is C16H20ClFN2S. The van der Waals surface area contributed by atoms with E-state index in [-0.39, 0.29) is 5.82 Å². The molecule has 0 radical (unpaired) electrons. The zero-order chi connectivity index (χ0) is 15.2. The minimum absolute atomic E-state index is 0.197. The number of anilines is 1. The molecule has 0 atom stereocenters. The average Bonchev–Trinajstić information content (AvgIpc) is 2.84. The van der Waals surface area contributed by atoms with E-state index in [1.165, 1.54) is 0 Å². The molecule has 2 rings (SSSR count). The van der Waals surface area contributed by atoms with Gasteiger partial charge < -0.3 is 10.2 Å². The lowest BCUT2D eigenvalue weighted by Gasteiger charge is -2.19. The summed E-state index contributed by atoms with van der Waals surface area (Å²) in [6, 6.07) is 9.08. The SMILES string of the molecule is CCCNCc1cc(F)cc(N(C)Cc2ccc(Cl)s2)c1. The fraction of sp³-hybridized carbons (Fsp3) is 0.375. The first-order valence-electron chi connectivity index (χ1n) is 7.04. The molecule has 5 heteroatoms. The van der Waals surface area contributed by atoms with E-state index in [9.17, 15) is 4.39 Å². The van der Waals surface area contributed by atoms with Crippen molar-refractivity contribution in [1.29, 1.82) is 0 Å². The number of nitrogens with zero attached hydrogens (tertiary/aromatic N) is 1. The van der Waals surface area contributed by atoms with Gasteiger partial charge in [0.2, 0.25) is 0 Å². The van der Waals surface area contributed by atoms with Crippen molar-refractivity contribution < 1.29 is 4.39 Å². The third-order valence-corrected chi connectivity index (χ3v) is 4.38. The van der Waals surface area contributed by atoms with Gasteiger partial charge in [-0.05, 0) is 48.9 Å². The molecule has 0 fully saturated rings. The summed E-state index contributed by atoms with van der Waals surface area (Å²) in [7, 11) is 1.96. The maximum absolute atomic E-state index is 13.8. The highest BCUT2D eigenvalue weighted by Gasteiger charge is 2.07. The summed E-state index contributed by atoms with van der Waals surface area (Å²) in [4.78, 5) is 3.20. The molecule has 0 spiro atoms. The summed E-state index contributed by atoms with van der Waals surface area (Å²) in [5.74, 6) is -0.197. The van der Waals surface area contributed by atoms with Crippen LogP contribution in [0.4, 0.5) is 10.1 Å². The molecule has 0 aliphatic heterocycles. The van der Waals surface area contributed by atoms with Crippen LogP contribution < -0.4 is 10.2 Å². The predicted molar refractivity (Wildman–Crippen MR) is 89.8 cm³/mol. The number of thiophene rings is 1. The van der Waals surface area contributed by atoms with E-state index >= 15 is 0 Å². The van der Waals surface area contributed by atoms with Crippen LogP contribution in [0.1, 0.15) is 23.8 Å². The Kier molecular flexibility index (Phi) is 6.03. The molecule has 0 saturated carbocycles. The molecule has 1 N–H and O–H groups in total. The van der Waals surface area contributed by atoms with Crippen LogP contribution in [-0.2, 0) is 13.1 Å². The second-order valence-corrected chi connectivity index (χ2v) is 6.86. The summed E-state index contributed by atoms with van der Waals surface area (Å²) < 4.78 is 14.5. The second kappa shape index (κ2) is 7.78. The topological polar surface area (TPSA) is 15.3 Å². The van der Waals surface area contributed by atoms with Gasteiger partial charge in [0.15, 0.2) is 0 Å². The van der Waals surface area contributed by atoms with Gasteiger partial charge in [0.25, 0.3) is 0 Å². The quantitative estimate of drug-likeness (QED) is 0.743. The molecule has 2 aromatic rings. The van der Waals surface area contributed by atoms with Gasteiger partial charge in [0, 0.05) is 24.2 Å². The second-order valence-electron chi connectivity index (χ2n) is 5.06. The number of benzene rings is 1. The summed E-state index contributed by atoms with van der Waals surface area (Å²) in [5.41, 5.74) is 1.85. The van der Waals surface area contributed by atoms with Gasteiger partial charge in [-0.1, -0.05) is 18.5 Å².